The molecule has 1 nitrogen and oxygen atoms in total. The van der Waals surface area contributed by atoms with E-state index in [0.717, 1.165) is 12.8 Å². The van der Waals surface area contributed by atoms with Crippen LogP contribution in [0.25, 0.3) is 0 Å². The Balaban J connectivity index is 4.66. The molecule has 0 aliphatic heterocycles. The van der Waals surface area contributed by atoms with E-state index in [2.05, 4.69) is 32.6 Å². The third-order valence-corrected chi connectivity index (χ3v) is 2.55. The molecule has 0 fully saturated rings. The van der Waals surface area contributed by atoms with E-state index < -0.39 is 0 Å². The van der Waals surface area contributed by atoms with Crippen molar-refractivity contribution in [3.8, 4) is 6.07 Å². The van der Waals surface area contributed by atoms with E-state index in [0.29, 0.717) is 5.92 Å². The maximum atomic E-state index is 9.17. The zero-order valence-corrected chi connectivity index (χ0v) is 8.88. The number of nitriles is 1. The van der Waals surface area contributed by atoms with E-state index >= 15 is 0 Å². The van der Waals surface area contributed by atoms with Crippen molar-refractivity contribution < 1.29 is 0 Å². The Morgan fingerprint density at radius 3 is 2.38 bits per heavy atom. The van der Waals surface area contributed by atoms with Gasteiger partial charge in [0.05, 0.1) is 11.5 Å². The first-order chi connectivity index (χ1) is 6.13. The SMILES string of the molecule is C=CCC(C#N)(CC=CC)C(C)C. The first kappa shape index (κ1) is 12.0. The first-order valence-electron chi connectivity index (χ1n) is 4.76. The number of rotatable bonds is 5. The lowest BCUT2D eigenvalue weighted by molar-refractivity contribution is 0.283. The fourth-order valence-electron chi connectivity index (χ4n) is 1.36. The Hall–Kier alpha value is -1.03. The van der Waals surface area contributed by atoms with Gasteiger partial charge in [-0.1, -0.05) is 32.1 Å². The predicted molar refractivity (Wildman–Crippen MR) is 57.1 cm³/mol. The average Bonchev–Trinajstić information content (AvgIpc) is 2.12. The molecule has 1 unspecified atom stereocenters. The van der Waals surface area contributed by atoms with Gasteiger partial charge in [-0.25, -0.2) is 0 Å². The summed E-state index contributed by atoms with van der Waals surface area (Å²) in [6.45, 7) is 9.88. The van der Waals surface area contributed by atoms with Gasteiger partial charge in [-0.2, -0.15) is 5.26 Å². The molecule has 0 radical (unpaired) electrons. The van der Waals surface area contributed by atoms with Gasteiger partial charge in [0.2, 0.25) is 0 Å². The molecule has 0 aliphatic rings. The molecule has 72 valence electrons. The van der Waals surface area contributed by atoms with Crippen LogP contribution in [0.3, 0.4) is 0 Å². The molecule has 1 atom stereocenters. The summed E-state index contributed by atoms with van der Waals surface area (Å²) in [4.78, 5) is 0. The van der Waals surface area contributed by atoms with Crippen molar-refractivity contribution in [3.05, 3.63) is 24.8 Å². The summed E-state index contributed by atoms with van der Waals surface area (Å²) < 4.78 is 0. The standard InChI is InChI=1S/C12H19N/c1-5-7-9-12(10-13,8-6-2)11(3)4/h5-7,11H,2,8-9H2,1,3-4H3. The molecular weight excluding hydrogens is 158 g/mol. The fourth-order valence-corrected chi connectivity index (χ4v) is 1.36. The van der Waals surface area contributed by atoms with Gasteiger partial charge < -0.3 is 0 Å². The molecule has 0 amide bonds. The number of nitrogens with zero attached hydrogens (tertiary/aromatic N) is 1. The Morgan fingerprint density at radius 1 is 1.46 bits per heavy atom. The number of hydrogen-bond donors (Lipinski definition) is 0. The lowest BCUT2D eigenvalue weighted by Gasteiger charge is -2.28. The Kier molecular flexibility index (Phi) is 5.14. The molecule has 0 saturated heterocycles. The zero-order chi connectivity index (χ0) is 10.3. The maximum absolute atomic E-state index is 9.17. The molecular formula is C12H19N. The third kappa shape index (κ3) is 3.06. The van der Waals surface area contributed by atoms with E-state index in [1.807, 2.05) is 19.1 Å². The van der Waals surface area contributed by atoms with Crippen LogP contribution in [0.15, 0.2) is 24.8 Å². The molecule has 13 heavy (non-hydrogen) atoms. The van der Waals surface area contributed by atoms with E-state index in [9.17, 15) is 5.26 Å². The normalized spacial score (nSPS) is 15.6. The highest BCUT2D eigenvalue weighted by atomic mass is 14.4. The summed E-state index contributed by atoms with van der Waals surface area (Å²) in [5, 5.41) is 9.17. The molecule has 0 aliphatic carbocycles. The van der Waals surface area contributed by atoms with Crippen molar-refractivity contribution in [2.24, 2.45) is 11.3 Å². The minimum Gasteiger partial charge on any atom is -0.198 e. The van der Waals surface area contributed by atoms with Gasteiger partial charge in [-0.15, -0.1) is 6.58 Å². The second-order valence-corrected chi connectivity index (χ2v) is 3.69. The quantitative estimate of drug-likeness (QED) is 0.587. The second-order valence-electron chi connectivity index (χ2n) is 3.69. The Bertz CT molecular complexity index is 220. The monoisotopic (exact) mass is 177 g/mol. The van der Waals surface area contributed by atoms with Crippen molar-refractivity contribution in [3.63, 3.8) is 0 Å². The van der Waals surface area contributed by atoms with Gasteiger partial charge in [0, 0.05) is 0 Å². The van der Waals surface area contributed by atoms with E-state index in [-0.39, 0.29) is 5.41 Å². The molecule has 0 aromatic rings. The lowest BCUT2D eigenvalue weighted by atomic mass is 9.73. The first-order valence-corrected chi connectivity index (χ1v) is 4.76. The maximum Gasteiger partial charge on any atom is 0.0699 e. The van der Waals surface area contributed by atoms with Crippen LogP contribution in [0.4, 0.5) is 0 Å². The molecule has 0 aromatic carbocycles. The third-order valence-electron chi connectivity index (χ3n) is 2.55. The van der Waals surface area contributed by atoms with Crippen LogP contribution in [-0.4, -0.2) is 0 Å². The second kappa shape index (κ2) is 5.59. The molecule has 0 rings (SSSR count). The highest BCUT2D eigenvalue weighted by molar-refractivity contribution is 5.07. The summed E-state index contributed by atoms with van der Waals surface area (Å²) in [6.07, 6.45) is 7.49. The highest BCUT2D eigenvalue weighted by Crippen LogP contribution is 2.35. The Morgan fingerprint density at radius 2 is 2.08 bits per heavy atom. The van der Waals surface area contributed by atoms with Gasteiger partial charge in [-0.05, 0) is 25.7 Å². The van der Waals surface area contributed by atoms with Crippen LogP contribution in [0, 0.1) is 22.7 Å². The molecule has 1 heteroatoms. The average molecular weight is 177 g/mol. The summed E-state index contributed by atoms with van der Waals surface area (Å²) in [6, 6.07) is 2.43. The van der Waals surface area contributed by atoms with Crippen molar-refractivity contribution in [2.45, 2.75) is 33.6 Å². The van der Waals surface area contributed by atoms with Gasteiger partial charge in [-0.3, -0.25) is 0 Å². The van der Waals surface area contributed by atoms with Crippen molar-refractivity contribution in [2.75, 3.05) is 0 Å². The van der Waals surface area contributed by atoms with Crippen molar-refractivity contribution in [1.29, 1.82) is 5.26 Å². The molecule has 0 aromatic heterocycles. The van der Waals surface area contributed by atoms with Crippen LogP contribution in [0.2, 0.25) is 0 Å². The highest BCUT2D eigenvalue weighted by Gasteiger charge is 2.30. The number of allylic oxidation sites excluding steroid dienone is 3. The summed E-state index contributed by atoms with van der Waals surface area (Å²) in [5.74, 6) is 0.367. The molecule has 0 saturated carbocycles. The lowest BCUT2D eigenvalue weighted by Crippen LogP contribution is -2.24. The number of hydrogen-bond acceptors (Lipinski definition) is 1. The van der Waals surface area contributed by atoms with E-state index in [4.69, 9.17) is 0 Å². The summed E-state index contributed by atoms with van der Waals surface area (Å²) in [7, 11) is 0. The predicted octanol–water partition coefficient (Wildman–Crippen LogP) is 3.69. The van der Waals surface area contributed by atoms with Gasteiger partial charge in [0.1, 0.15) is 0 Å². The van der Waals surface area contributed by atoms with E-state index in [1.54, 1.807) is 0 Å². The van der Waals surface area contributed by atoms with Crippen molar-refractivity contribution in [1.82, 2.24) is 0 Å². The van der Waals surface area contributed by atoms with Crippen LogP contribution in [0.5, 0.6) is 0 Å². The van der Waals surface area contributed by atoms with Crippen LogP contribution >= 0.6 is 0 Å². The fraction of sp³-hybridized carbons (Fsp3) is 0.583. The summed E-state index contributed by atoms with van der Waals surface area (Å²) in [5.41, 5.74) is -0.256. The molecule has 0 N–H and O–H groups in total. The largest absolute Gasteiger partial charge is 0.198 e. The van der Waals surface area contributed by atoms with Crippen LogP contribution in [0.1, 0.15) is 33.6 Å². The molecule has 0 bridgehead atoms. The van der Waals surface area contributed by atoms with Gasteiger partial charge >= 0.3 is 0 Å². The molecule has 0 heterocycles. The Labute approximate surface area is 81.8 Å². The smallest absolute Gasteiger partial charge is 0.0699 e. The van der Waals surface area contributed by atoms with Crippen LogP contribution in [-0.2, 0) is 0 Å². The van der Waals surface area contributed by atoms with Crippen molar-refractivity contribution >= 4 is 0 Å². The van der Waals surface area contributed by atoms with E-state index in [1.165, 1.54) is 0 Å². The van der Waals surface area contributed by atoms with Gasteiger partial charge in [0.25, 0.3) is 0 Å². The van der Waals surface area contributed by atoms with Crippen LogP contribution < -0.4 is 0 Å². The topological polar surface area (TPSA) is 23.8 Å². The minimum atomic E-state index is -0.256. The zero-order valence-electron chi connectivity index (χ0n) is 8.88. The molecule has 0 spiro atoms. The summed E-state index contributed by atoms with van der Waals surface area (Å²) >= 11 is 0. The van der Waals surface area contributed by atoms with Gasteiger partial charge in [0.15, 0.2) is 0 Å². The minimum absolute atomic E-state index is 0.256.